The summed E-state index contributed by atoms with van der Waals surface area (Å²) in [5, 5.41) is 3.05. The van der Waals surface area contributed by atoms with Gasteiger partial charge in [-0.1, -0.05) is 17.7 Å². The summed E-state index contributed by atoms with van der Waals surface area (Å²) in [6.07, 6.45) is -3.47. The molecule has 2 heterocycles. The highest BCUT2D eigenvalue weighted by Gasteiger charge is 2.36. The predicted octanol–water partition coefficient (Wildman–Crippen LogP) is 4.60. The zero-order valence-electron chi connectivity index (χ0n) is 14.7. The molecule has 0 aliphatic carbocycles. The Kier molecular flexibility index (Phi) is 5.60. The standard InChI is InChI=1S/C19H16ClF4N3O/c1-11(26-17(28)9-13-14(20)5-2-6-15(13)21)10-27-16(19(22,23)24)8-12-4-3-7-25-18(12)27/h2-8,11H,9-10H2,1H3,(H,26,28)/t11-/m0/s1. The van der Waals surface area contributed by atoms with Crippen molar-refractivity contribution in [3.05, 3.63) is 64.7 Å². The second-order valence-electron chi connectivity index (χ2n) is 6.40. The van der Waals surface area contributed by atoms with Crippen LogP contribution in [0.3, 0.4) is 0 Å². The predicted molar refractivity (Wildman–Crippen MR) is 97.5 cm³/mol. The quantitative estimate of drug-likeness (QED) is 0.622. The van der Waals surface area contributed by atoms with Gasteiger partial charge in [-0.2, -0.15) is 13.2 Å². The maximum atomic E-state index is 13.8. The lowest BCUT2D eigenvalue weighted by Crippen LogP contribution is -2.37. The maximum absolute atomic E-state index is 13.8. The van der Waals surface area contributed by atoms with Gasteiger partial charge in [0.15, 0.2) is 0 Å². The van der Waals surface area contributed by atoms with E-state index in [1.807, 2.05) is 0 Å². The molecule has 0 saturated heterocycles. The number of nitrogens with one attached hydrogen (secondary N) is 1. The molecule has 0 fully saturated rings. The Labute approximate surface area is 163 Å². The van der Waals surface area contributed by atoms with Crippen molar-refractivity contribution in [2.75, 3.05) is 0 Å². The Morgan fingerprint density at radius 3 is 2.71 bits per heavy atom. The number of carbonyl (C=O) groups excluding carboxylic acids is 1. The SMILES string of the molecule is C[C@@H](Cn1c(C(F)(F)F)cc2cccnc21)NC(=O)Cc1c(F)cccc1Cl. The molecule has 0 aliphatic rings. The van der Waals surface area contributed by atoms with Crippen LogP contribution >= 0.6 is 11.6 Å². The Morgan fingerprint density at radius 1 is 1.29 bits per heavy atom. The minimum absolute atomic E-state index is 0.0397. The van der Waals surface area contributed by atoms with Crippen LogP contribution in [0.4, 0.5) is 17.6 Å². The van der Waals surface area contributed by atoms with Gasteiger partial charge in [0.2, 0.25) is 5.91 Å². The molecular formula is C19H16ClF4N3O. The number of amides is 1. The molecule has 3 aromatic rings. The Balaban J connectivity index is 1.78. The number of benzene rings is 1. The summed E-state index contributed by atoms with van der Waals surface area (Å²) in [4.78, 5) is 16.2. The van der Waals surface area contributed by atoms with Gasteiger partial charge in [-0.05, 0) is 37.3 Å². The van der Waals surface area contributed by atoms with Gasteiger partial charge >= 0.3 is 6.18 Å². The van der Waals surface area contributed by atoms with Crippen molar-refractivity contribution in [1.29, 1.82) is 0 Å². The molecular weight excluding hydrogens is 398 g/mol. The van der Waals surface area contributed by atoms with Crippen LogP contribution in [0.1, 0.15) is 18.2 Å². The normalized spacial score (nSPS) is 12.9. The molecule has 0 radical (unpaired) electrons. The number of alkyl halides is 3. The number of fused-ring (bicyclic) bond motifs is 1. The second kappa shape index (κ2) is 7.79. The molecule has 0 spiro atoms. The molecule has 9 heteroatoms. The van der Waals surface area contributed by atoms with Gasteiger partial charge in [-0.25, -0.2) is 9.37 Å². The molecule has 1 amide bonds. The minimum atomic E-state index is -4.56. The topological polar surface area (TPSA) is 46.9 Å². The Bertz CT molecular complexity index is 996. The fourth-order valence-electron chi connectivity index (χ4n) is 3.01. The summed E-state index contributed by atoms with van der Waals surface area (Å²) >= 11 is 5.90. The van der Waals surface area contributed by atoms with Crippen molar-refractivity contribution in [2.24, 2.45) is 0 Å². The lowest BCUT2D eigenvalue weighted by molar-refractivity contribution is -0.143. The van der Waals surface area contributed by atoms with Crippen LogP contribution < -0.4 is 5.32 Å². The highest BCUT2D eigenvalue weighted by atomic mass is 35.5. The van der Waals surface area contributed by atoms with E-state index in [1.54, 1.807) is 13.0 Å². The molecule has 0 unspecified atom stereocenters. The number of halogens is 5. The molecule has 28 heavy (non-hydrogen) atoms. The largest absolute Gasteiger partial charge is 0.431 e. The average Bonchev–Trinajstić information content (AvgIpc) is 2.97. The van der Waals surface area contributed by atoms with Gasteiger partial charge in [0.25, 0.3) is 0 Å². The van der Waals surface area contributed by atoms with Crippen LogP contribution in [0, 0.1) is 5.82 Å². The van der Waals surface area contributed by atoms with Crippen molar-refractivity contribution < 1.29 is 22.4 Å². The fourth-order valence-corrected chi connectivity index (χ4v) is 3.24. The zero-order valence-corrected chi connectivity index (χ0v) is 15.5. The van der Waals surface area contributed by atoms with E-state index in [2.05, 4.69) is 10.3 Å². The van der Waals surface area contributed by atoms with Crippen LogP contribution in [-0.4, -0.2) is 21.5 Å². The van der Waals surface area contributed by atoms with Gasteiger partial charge in [-0.15, -0.1) is 0 Å². The monoisotopic (exact) mass is 413 g/mol. The number of hydrogen-bond donors (Lipinski definition) is 1. The molecule has 0 bridgehead atoms. The number of hydrogen-bond acceptors (Lipinski definition) is 2. The van der Waals surface area contributed by atoms with Gasteiger partial charge in [0, 0.05) is 34.8 Å². The van der Waals surface area contributed by atoms with E-state index in [1.165, 1.54) is 30.5 Å². The van der Waals surface area contributed by atoms with E-state index in [9.17, 15) is 22.4 Å². The van der Waals surface area contributed by atoms with E-state index in [0.717, 1.165) is 10.6 Å². The first-order valence-electron chi connectivity index (χ1n) is 8.40. The summed E-state index contributed by atoms with van der Waals surface area (Å²) in [5.41, 5.74) is -0.634. The first kappa shape index (κ1) is 20.1. The summed E-state index contributed by atoms with van der Waals surface area (Å²) in [6.45, 7) is 1.42. The van der Waals surface area contributed by atoms with Gasteiger partial charge in [0.1, 0.15) is 17.2 Å². The summed E-state index contributed by atoms with van der Waals surface area (Å²) in [6, 6.07) is 7.53. The summed E-state index contributed by atoms with van der Waals surface area (Å²) in [7, 11) is 0. The van der Waals surface area contributed by atoms with Crippen LogP contribution in [0.2, 0.25) is 5.02 Å². The van der Waals surface area contributed by atoms with Crippen molar-refractivity contribution >= 4 is 28.5 Å². The highest BCUT2D eigenvalue weighted by Crippen LogP contribution is 2.33. The number of carbonyl (C=O) groups is 1. The molecule has 1 atom stereocenters. The minimum Gasteiger partial charge on any atom is -0.352 e. The van der Waals surface area contributed by atoms with E-state index in [-0.39, 0.29) is 29.2 Å². The molecule has 3 rings (SSSR count). The summed E-state index contributed by atoms with van der Waals surface area (Å²) < 4.78 is 55.0. The van der Waals surface area contributed by atoms with E-state index in [4.69, 9.17) is 11.6 Å². The van der Waals surface area contributed by atoms with Gasteiger partial charge in [0.05, 0.1) is 6.42 Å². The van der Waals surface area contributed by atoms with Crippen LogP contribution in [0.25, 0.3) is 11.0 Å². The number of rotatable bonds is 5. The van der Waals surface area contributed by atoms with E-state index in [0.29, 0.717) is 5.39 Å². The third-order valence-electron chi connectivity index (χ3n) is 4.21. The van der Waals surface area contributed by atoms with Gasteiger partial charge in [-0.3, -0.25) is 4.79 Å². The zero-order chi connectivity index (χ0) is 20.5. The maximum Gasteiger partial charge on any atom is 0.431 e. The average molecular weight is 414 g/mol. The smallest absolute Gasteiger partial charge is 0.352 e. The molecule has 4 nitrogen and oxygen atoms in total. The fraction of sp³-hybridized carbons (Fsp3) is 0.263. The number of aromatic nitrogens is 2. The van der Waals surface area contributed by atoms with Crippen LogP contribution in [0.5, 0.6) is 0 Å². The third kappa shape index (κ3) is 4.27. The van der Waals surface area contributed by atoms with E-state index < -0.39 is 29.6 Å². The van der Waals surface area contributed by atoms with Crippen LogP contribution in [-0.2, 0) is 23.9 Å². The van der Waals surface area contributed by atoms with E-state index >= 15 is 0 Å². The first-order valence-corrected chi connectivity index (χ1v) is 8.78. The molecule has 0 saturated carbocycles. The van der Waals surface area contributed by atoms with Crippen molar-refractivity contribution in [2.45, 2.75) is 32.1 Å². The van der Waals surface area contributed by atoms with Crippen molar-refractivity contribution in [3.63, 3.8) is 0 Å². The Hall–Kier alpha value is -2.61. The number of nitrogens with zero attached hydrogens (tertiary/aromatic N) is 2. The highest BCUT2D eigenvalue weighted by molar-refractivity contribution is 6.31. The lowest BCUT2D eigenvalue weighted by Gasteiger charge is -2.19. The molecule has 1 aromatic carbocycles. The molecule has 148 valence electrons. The summed E-state index contributed by atoms with van der Waals surface area (Å²) in [5.74, 6) is -1.16. The van der Waals surface area contributed by atoms with Gasteiger partial charge < -0.3 is 9.88 Å². The third-order valence-corrected chi connectivity index (χ3v) is 4.56. The second-order valence-corrected chi connectivity index (χ2v) is 6.81. The first-order chi connectivity index (χ1) is 13.2. The Morgan fingerprint density at radius 2 is 2.04 bits per heavy atom. The molecule has 2 aromatic heterocycles. The van der Waals surface area contributed by atoms with Crippen molar-refractivity contribution in [3.8, 4) is 0 Å². The molecule has 0 aliphatic heterocycles. The van der Waals surface area contributed by atoms with Crippen molar-refractivity contribution in [1.82, 2.24) is 14.9 Å². The van der Waals surface area contributed by atoms with Crippen LogP contribution in [0.15, 0.2) is 42.6 Å². The number of pyridine rings is 1. The lowest BCUT2D eigenvalue weighted by atomic mass is 10.1. The molecule has 1 N–H and O–H groups in total.